The average molecular weight is 348 g/mol. The molecular weight excluding hydrogens is 322 g/mol. The highest BCUT2D eigenvalue weighted by Crippen LogP contribution is 2.66. The summed E-state index contributed by atoms with van der Waals surface area (Å²) in [7, 11) is 0. The summed E-state index contributed by atoms with van der Waals surface area (Å²) in [5, 5.41) is 4.00. The van der Waals surface area contributed by atoms with Crippen LogP contribution in [0.25, 0.3) is 0 Å². The van der Waals surface area contributed by atoms with Crippen LogP contribution in [0.4, 0.5) is 0 Å². The Balaban J connectivity index is 1.53. The molecule has 1 N–H and O–H groups in total. The number of rotatable bonds is 3. The Kier molecular flexibility index (Phi) is 3.11. The zero-order chi connectivity index (χ0) is 14.7. The van der Waals surface area contributed by atoms with Crippen LogP contribution in [0.15, 0.2) is 28.7 Å². The van der Waals surface area contributed by atoms with Crippen molar-refractivity contribution in [3.63, 3.8) is 0 Å². The first kappa shape index (κ1) is 14.3. The van der Waals surface area contributed by atoms with Gasteiger partial charge in [-0.3, -0.25) is 0 Å². The normalized spacial score (nSPS) is 44.2. The lowest BCUT2D eigenvalue weighted by atomic mass is 9.43. The second-order valence-corrected chi connectivity index (χ2v) is 9.81. The summed E-state index contributed by atoms with van der Waals surface area (Å²) < 4.78 is 1.17. The smallest absolute Gasteiger partial charge is 0.0210 e. The molecule has 1 aromatic rings. The summed E-state index contributed by atoms with van der Waals surface area (Å²) in [6, 6.07) is 8.78. The first-order valence-electron chi connectivity index (χ1n) is 8.37. The largest absolute Gasteiger partial charge is 0.307 e. The molecule has 21 heavy (non-hydrogen) atoms. The molecule has 5 rings (SSSR count). The Morgan fingerprint density at radius 2 is 1.62 bits per heavy atom. The van der Waals surface area contributed by atoms with Crippen molar-refractivity contribution in [3.05, 3.63) is 34.3 Å². The Morgan fingerprint density at radius 3 is 2.19 bits per heavy atom. The molecule has 0 radical (unpaired) electrons. The fourth-order valence-electron chi connectivity index (χ4n) is 6.54. The molecule has 0 aromatic heterocycles. The second-order valence-electron chi connectivity index (χ2n) is 8.89. The maximum atomic E-state index is 4.00. The molecule has 0 amide bonds. The highest BCUT2D eigenvalue weighted by molar-refractivity contribution is 9.10. The van der Waals surface area contributed by atoms with E-state index in [2.05, 4.69) is 59.4 Å². The van der Waals surface area contributed by atoms with E-state index < -0.39 is 0 Å². The Hall–Kier alpha value is -0.340. The molecule has 4 aliphatic rings. The van der Waals surface area contributed by atoms with Gasteiger partial charge in [-0.15, -0.1) is 0 Å². The number of hydrogen-bond donors (Lipinski definition) is 1. The summed E-state index contributed by atoms with van der Waals surface area (Å²) in [6.07, 6.45) is 8.60. The fourth-order valence-corrected chi connectivity index (χ4v) is 6.80. The Morgan fingerprint density at radius 1 is 1.00 bits per heavy atom. The summed E-state index contributed by atoms with van der Waals surface area (Å²) in [5.74, 6) is 0.966. The van der Waals surface area contributed by atoms with Crippen LogP contribution < -0.4 is 5.32 Å². The van der Waals surface area contributed by atoms with Crippen LogP contribution in [-0.4, -0.2) is 5.54 Å². The van der Waals surface area contributed by atoms with E-state index in [-0.39, 0.29) is 0 Å². The summed E-state index contributed by atoms with van der Waals surface area (Å²) >= 11 is 3.52. The van der Waals surface area contributed by atoms with Crippen LogP contribution in [-0.2, 0) is 6.54 Å². The first-order valence-corrected chi connectivity index (χ1v) is 9.17. The maximum Gasteiger partial charge on any atom is 0.0210 e. The minimum atomic E-state index is 0.413. The van der Waals surface area contributed by atoms with Gasteiger partial charge in [0.25, 0.3) is 0 Å². The summed E-state index contributed by atoms with van der Waals surface area (Å²) in [5.41, 5.74) is 3.02. The third-order valence-electron chi connectivity index (χ3n) is 6.21. The lowest BCUT2D eigenvalue weighted by Crippen LogP contribution is -2.63. The number of halogens is 1. The molecule has 2 unspecified atom stereocenters. The highest BCUT2D eigenvalue weighted by Gasteiger charge is 2.59. The molecule has 4 saturated carbocycles. The maximum absolute atomic E-state index is 4.00. The van der Waals surface area contributed by atoms with Gasteiger partial charge in [0, 0.05) is 16.6 Å². The van der Waals surface area contributed by atoms with Crippen molar-refractivity contribution >= 4 is 15.9 Å². The van der Waals surface area contributed by atoms with Crippen LogP contribution in [0.5, 0.6) is 0 Å². The van der Waals surface area contributed by atoms with Gasteiger partial charge in [-0.05, 0) is 73.0 Å². The van der Waals surface area contributed by atoms with Gasteiger partial charge in [-0.2, -0.15) is 0 Å². The standard InChI is InChI=1S/C19H26BrN/c1-17-7-15-8-18(2,11-17)13-19(9-15,12-17)21-10-14-3-5-16(20)6-4-14/h3-6,15,21H,7-13H2,1-2H3/t15?,17-,18+,19?. The molecule has 0 aliphatic heterocycles. The van der Waals surface area contributed by atoms with E-state index in [1.807, 2.05) is 0 Å². The van der Waals surface area contributed by atoms with E-state index in [0.717, 1.165) is 12.5 Å². The zero-order valence-electron chi connectivity index (χ0n) is 13.2. The summed E-state index contributed by atoms with van der Waals surface area (Å²) in [6.45, 7) is 6.11. The van der Waals surface area contributed by atoms with Gasteiger partial charge in [-0.1, -0.05) is 41.9 Å². The van der Waals surface area contributed by atoms with Gasteiger partial charge in [0.05, 0.1) is 0 Å². The molecule has 0 heterocycles. The van der Waals surface area contributed by atoms with Crippen molar-refractivity contribution in [3.8, 4) is 0 Å². The molecule has 1 nitrogen and oxygen atoms in total. The highest BCUT2D eigenvalue weighted by atomic mass is 79.9. The van der Waals surface area contributed by atoms with E-state index in [1.54, 1.807) is 0 Å². The molecule has 4 aliphatic carbocycles. The first-order chi connectivity index (χ1) is 9.88. The van der Waals surface area contributed by atoms with Crippen molar-refractivity contribution in [2.75, 3.05) is 0 Å². The summed E-state index contributed by atoms with van der Waals surface area (Å²) in [4.78, 5) is 0. The van der Waals surface area contributed by atoms with Gasteiger partial charge in [0.1, 0.15) is 0 Å². The number of nitrogens with one attached hydrogen (secondary N) is 1. The molecule has 114 valence electrons. The van der Waals surface area contributed by atoms with E-state index in [4.69, 9.17) is 0 Å². The molecular formula is C19H26BrN. The van der Waals surface area contributed by atoms with E-state index in [9.17, 15) is 0 Å². The van der Waals surface area contributed by atoms with Crippen molar-refractivity contribution < 1.29 is 0 Å². The number of benzene rings is 1. The SMILES string of the molecule is C[C@]12CC3CC(NCc4ccc(Br)cc4)(C1)C[C@@](C)(C3)C2. The lowest BCUT2D eigenvalue weighted by Gasteiger charge is -2.65. The average Bonchev–Trinajstić information content (AvgIpc) is 2.34. The van der Waals surface area contributed by atoms with Crippen molar-refractivity contribution in [2.45, 2.75) is 64.5 Å². The van der Waals surface area contributed by atoms with E-state index in [1.165, 1.54) is 48.6 Å². The van der Waals surface area contributed by atoms with Crippen LogP contribution in [0.1, 0.15) is 57.9 Å². The van der Waals surface area contributed by atoms with Gasteiger partial charge in [0.15, 0.2) is 0 Å². The van der Waals surface area contributed by atoms with E-state index in [0.29, 0.717) is 16.4 Å². The zero-order valence-corrected chi connectivity index (χ0v) is 14.8. The molecule has 4 fully saturated rings. The van der Waals surface area contributed by atoms with Crippen LogP contribution in [0.2, 0.25) is 0 Å². The molecule has 4 atom stereocenters. The van der Waals surface area contributed by atoms with Gasteiger partial charge in [0.2, 0.25) is 0 Å². The third-order valence-corrected chi connectivity index (χ3v) is 6.74. The Labute approximate surface area is 137 Å². The molecule has 0 spiro atoms. The topological polar surface area (TPSA) is 12.0 Å². The van der Waals surface area contributed by atoms with Crippen LogP contribution >= 0.6 is 15.9 Å². The lowest BCUT2D eigenvalue weighted by molar-refractivity contribution is -0.118. The van der Waals surface area contributed by atoms with Gasteiger partial charge in [-0.25, -0.2) is 0 Å². The monoisotopic (exact) mass is 347 g/mol. The molecule has 2 heteroatoms. The minimum absolute atomic E-state index is 0.413. The fraction of sp³-hybridized carbons (Fsp3) is 0.684. The predicted octanol–water partition coefficient (Wildman–Crippen LogP) is 5.29. The second kappa shape index (κ2) is 4.58. The van der Waals surface area contributed by atoms with Crippen LogP contribution in [0, 0.1) is 16.7 Å². The van der Waals surface area contributed by atoms with Crippen molar-refractivity contribution in [1.82, 2.24) is 5.32 Å². The van der Waals surface area contributed by atoms with Crippen molar-refractivity contribution in [1.29, 1.82) is 0 Å². The van der Waals surface area contributed by atoms with Crippen LogP contribution in [0.3, 0.4) is 0 Å². The molecule has 1 aromatic carbocycles. The Bertz CT molecular complexity index is 531. The van der Waals surface area contributed by atoms with E-state index >= 15 is 0 Å². The van der Waals surface area contributed by atoms with Gasteiger partial charge < -0.3 is 5.32 Å². The minimum Gasteiger partial charge on any atom is -0.307 e. The van der Waals surface area contributed by atoms with Crippen molar-refractivity contribution in [2.24, 2.45) is 16.7 Å². The predicted molar refractivity (Wildman–Crippen MR) is 91.1 cm³/mol. The third kappa shape index (κ3) is 2.59. The van der Waals surface area contributed by atoms with Gasteiger partial charge >= 0.3 is 0 Å². The molecule has 0 saturated heterocycles. The number of hydrogen-bond acceptors (Lipinski definition) is 1. The quantitative estimate of drug-likeness (QED) is 0.783. The molecule has 4 bridgehead atoms.